The molecule has 0 amide bonds. The molecule has 4 heteroatoms. The molecule has 4 nitrogen and oxygen atoms in total. The predicted octanol–water partition coefficient (Wildman–Crippen LogP) is 1.70. The van der Waals surface area contributed by atoms with E-state index in [-0.39, 0.29) is 5.78 Å². The van der Waals surface area contributed by atoms with Gasteiger partial charge in [0.1, 0.15) is 0 Å². The molecule has 2 N–H and O–H groups in total. The van der Waals surface area contributed by atoms with Gasteiger partial charge in [-0.15, -0.1) is 0 Å². The molecule has 0 bridgehead atoms. The lowest BCUT2D eigenvalue weighted by atomic mass is 9.86. The summed E-state index contributed by atoms with van der Waals surface area (Å²) in [6.45, 7) is 1.99. The van der Waals surface area contributed by atoms with Crippen LogP contribution in [0.2, 0.25) is 0 Å². The van der Waals surface area contributed by atoms with Crippen LogP contribution >= 0.6 is 0 Å². The van der Waals surface area contributed by atoms with Crippen LogP contribution in [0.3, 0.4) is 0 Å². The van der Waals surface area contributed by atoms with Crippen molar-refractivity contribution in [3.8, 4) is 0 Å². The van der Waals surface area contributed by atoms with E-state index in [1.165, 1.54) is 0 Å². The Bertz CT molecular complexity index is 385. The van der Waals surface area contributed by atoms with Crippen LogP contribution in [0.25, 0.3) is 0 Å². The molecule has 0 aromatic rings. The first-order chi connectivity index (χ1) is 8.01. The summed E-state index contributed by atoms with van der Waals surface area (Å²) < 4.78 is 0. The third-order valence-electron chi connectivity index (χ3n) is 2.84. The fourth-order valence-corrected chi connectivity index (χ4v) is 2.03. The zero-order valence-corrected chi connectivity index (χ0v) is 11.1. The number of nitrogens with one attached hydrogen (secondary N) is 2. The van der Waals surface area contributed by atoms with Crippen molar-refractivity contribution < 1.29 is 4.79 Å². The average Bonchev–Trinajstić information content (AvgIpc) is 2.28. The lowest BCUT2D eigenvalue weighted by Crippen LogP contribution is -2.27. The van der Waals surface area contributed by atoms with Crippen molar-refractivity contribution in [1.29, 1.82) is 5.41 Å². The summed E-state index contributed by atoms with van der Waals surface area (Å²) in [6.07, 6.45) is 3.92. The van der Waals surface area contributed by atoms with E-state index < -0.39 is 0 Å². The predicted molar refractivity (Wildman–Crippen MR) is 70.1 cm³/mol. The molecular formula is C13H21N3O. The van der Waals surface area contributed by atoms with E-state index in [0.717, 1.165) is 17.7 Å². The van der Waals surface area contributed by atoms with Crippen LogP contribution in [0, 0.1) is 5.41 Å². The summed E-state index contributed by atoms with van der Waals surface area (Å²) in [5.41, 5.74) is 2.68. The van der Waals surface area contributed by atoms with Gasteiger partial charge in [0.2, 0.25) is 0 Å². The van der Waals surface area contributed by atoms with Gasteiger partial charge in [0.15, 0.2) is 5.78 Å². The number of Topliss-reactive ketones (excluding diaryl/α,β-unsaturated/α-hetero) is 1. The molecule has 0 spiro atoms. The van der Waals surface area contributed by atoms with Gasteiger partial charge in [-0.05, 0) is 19.3 Å². The molecular weight excluding hydrogens is 214 g/mol. The number of rotatable bonds is 3. The van der Waals surface area contributed by atoms with E-state index >= 15 is 0 Å². The molecule has 1 aliphatic carbocycles. The summed E-state index contributed by atoms with van der Waals surface area (Å²) >= 11 is 0. The van der Waals surface area contributed by atoms with Crippen molar-refractivity contribution in [3.63, 3.8) is 0 Å². The Morgan fingerprint density at radius 1 is 1.47 bits per heavy atom. The van der Waals surface area contributed by atoms with E-state index in [1.54, 1.807) is 7.05 Å². The van der Waals surface area contributed by atoms with Gasteiger partial charge in [-0.1, -0.05) is 6.92 Å². The zero-order valence-electron chi connectivity index (χ0n) is 11.1. The minimum atomic E-state index is 0.00106. The maximum Gasteiger partial charge on any atom is 0.194 e. The largest absolute Gasteiger partial charge is 0.391 e. The molecule has 0 aromatic heterocycles. The molecule has 1 saturated carbocycles. The summed E-state index contributed by atoms with van der Waals surface area (Å²) in [6, 6.07) is 0. The van der Waals surface area contributed by atoms with Gasteiger partial charge >= 0.3 is 0 Å². The first-order valence-corrected chi connectivity index (χ1v) is 5.91. The van der Waals surface area contributed by atoms with Gasteiger partial charge in [0, 0.05) is 44.3 Å². The topological polar surface area (TPSA) is 56.2 Å². The van der Waals surface area contributed by atoms with Crippen LogP contribution in [-0.4, -0.2) is 37.5 Å². The van der Waals surface area contributed by atoms with Gasteiger partial charge in [-0.2, -0.15) is 0 Å². The highest BCUT2D eigenvalue weighted by Crippen LogP contribution is 2.25. The van der Waals surface area contributed by atoms with E-state index in [4.69, 9.17) is 5.41 Å². The lowest BCUT2D eigenvalue weighted by Gasteiger charge is -2.22. The first kappa shape index (κ1) is 13.5. The number of carbonyl (C=O) groups is 1. The number of ketones is 1. The summed E-state index contributed by atoms with van der Waals surface area (Å²) in [4.78, 5) is 14.2. The molecule has 0 aromatic carbocycles. The molecule has 17 heavy (non-hydrogen) atoms. The number of hydrogen-bond donors (Lipinski definition) is 2. The third kappa shape index (κ3) is 2.96. The van der Waals surface area contributed by atoms with Gasteiger partial charge in [0.25, 0.3) is 0 Å². The Kier molecular flexibility index (Phi) is 4.49. The minimum Gasteiger partial charge on any atom is -0.391 e. The highest BCUT2D eigenvalue weighted by Gasteiger charge is 2.27. The Balaban J connectivity index is 3.16. The monoisotopic (exact) mass is 235 g/mol. The fourth-order valence-electron chi connectivity index (χ4n) is 2.03. The summed E-state index contributed by atoms with van der Waals surface area (Å²) in [5, 5.41) is 11.0. The smallest absolute Gasteiger partial charge is 0.194 e. The van der Waals surface area contributed by atoms with E-state index in [2.05, 4.69) is 5.32 Å². The summed E-state index contributed by atoms with van der Waals surface area (Å²) in [7, 11) is 5.61. The second-order valence-electron chi connectivity index (χ2n) is 4.38. The Hall–Kier alpha value is -1.58. The van der Waals surface area contributed by atoms with Gasteiger partial charge < -0.3 is 15.6 Å². The first-order valence-electron chi connectivity index (χ1n) is 5.91. The standard InChI is InChI=1S/C13H21N3O/c1-5-11(15-2)12-10(14)7-6-9(13(12)17)8-16(3)4/h8,14-15H,5-7H2,1-4H3/b9-8+,12-11+,14-10?. The van der Waals surface area contributed by atoms with Gasteiger partial charge in [-0.3, -0.25) is 4.79 Å². The van der Waals surface area contributed by atoms with E-state index in [0.29, 0.717) is 24.1 Å². The van der Waals surface area contributed by atoms with Crippen LogP contribution in [0.15, 0.2) is 23.0 Å². The van der Waals surface area contributed by atoms with Crippen LogP contribution < -0.4 is 5.32 Å². The molecule has 0 aliphatic heterocycles. The maximum atomic E-state index is 12.3. The quantitative estimate of drug-likeness (QED) is 0.732. The van der Waals surface area contributed by atoms with Crippen LogP contribution in [0.1, 0.15) is 26.2 Å². The Morgan fingerprint density at radius 3 is 2.59 bits per heavy atom. The second-order valence-corrected chi connectivity index (χ2v) is 4.38. The SMILES string of the molecule is CC/C(NC)=C1/C(=N)CC/C(=C\N(C)C)C1=O. The highest BCUT2D eigenvalue weighted by molar-refractivity contribution is 6.29. The Morgan fingerprint density at radius 2 is 2.12 bits per heavy atom. The van der Waals surface area contributed by atoms with Gasteiger partial charge in [-0.25, -0.2) is 0 Å². The highest BCUT2D eigenvalue weighted by atomic mass is 16.1. The van der Waals surface area contributed by atoms with Crippen molar-refractivity contribution in [2.24, 2.45) is 0 Å². The molecule has 94 valence electrons. The lowest BCUT2D eigenvalue weighted by molar-refractivity contribution is -0.112. The van der Waals surface area contributed by atoms with Gasteiger partial charge in [0.05, 0.1) is 5.57 Å². The molecule has 0 heterocycles. The van der Waals surface area contributed by atoms with Crippen LogP contribution in [0.4, 0.5) is 0 Å². The molecule has 1 rings (SSSR count). The average molecular weight is 235 g/mol. The van der Waals surface area contributed by atoms with Crippen molar-refractivity contribution in [2.45, 2.75) is 26.2 Å². The fraction of sp³-hybridized carbons (Fsp3) is 0.538. The Labute approximate surface area is 103 Å². The molecule has 0 unspecified atom stereocenters. The van der Waals surface area contributed by atoms with Crippen molar-refractivity contribution in [2.75, 3.05) is 21.1 Å². The van der Waals surface area contributed by atoms with Crippen LogP contribution in [-0.2, 0) is 4.79 Å². The molecule has 0 atom stereocenters. The second kappa shape index (κ2) is 5.66. The normalized spacial score (nSPS) is 21.8. The molecule has 1 fully saturated rings. The van der Waals surface area contributed by atoms with E-state index in [9.17, 15) is 4.79 Å². The maximum absolute atomic E-state index is 12.3. The molecule has 0 saturated heterocycles. The van der Waals surface area contributed by atoms with E-state index in [1.807, 2.05) is 32.1 Å². The molecule has 0 radical (unpaired) electrons. The summed E-state index contributed by atoms with van der Waals surface area (Å²) in [5.74, 6) is 0.00106. The number of allylic oxidation sites excluding steroid dienone is 3. The third-order valence-corrected chi connectivity index (χ3v) is 2.84. The number of nitrogens with zero attached hydrogens (tertiary/aromatic N) is 1. The van der Waals surface area contributed by atoms with Crippen molar-refractivity contribution >= 4 is 11.5 Å². The van der Waals surface area contributed by atoms with Crippen LogP contribution in [0.5, 0.6) is 0 Å². The zero-order chi connectivity index (χ0) is 13.0. The minimum absolute atomic E-state index is 0.00106. The number of carbonyl (C=O) groups excluding carboxylic acids is 1. The van der Waals surface area contributed by atoms with Crippen molar-refractivity contribution in [1.82, 2.24) is 10.2 Å². The number of hydrogen-bond acceptors (Lipinski definition) is 4. The molecule has 1 aliphatic rings. The van der Waals surface area contributed by atoms with Crippen molar-refractivity contribution in [3.05, 3.63) is 23.0 Å².